The number of hydrogen-bond acceptors (Lipinski definition) is 7. The molecule has 0 radical (unpaired) electrons. The molecule has 1 aliphatic heterocycles. The normalized spacial score (nSPS) is 19.4. The molecule has 1 aliphatic carbocycles. The van der Waals surface area contributed by atoms with E-state index in [-0.39, 0.29) is 12.4 Å². The third-order valence-electron chi connectivity index (χ3n) is 6.55. The Kier molecular flexibility index (Phi) is 8.54. The number of nitrogens with zero attached hydrogens (tertiary/aromatic N) is 1. The molecule has 0 saturated carbocycles. The van der Waals surface area contributed by atoms with Gasteiger partial charge in [-0.15, -0.1) is 0 Å². The number of allylic oxidation sites excluding steroid dienone is 2. The molecule has 2 aromatic rings. The maximum absolute atomic E-state index is 13.3. The number of hydrogen-bond donors (Lipinski definition) is 0. The third kappa shape index (κ3) is 5.68. The predicted octanol–water partition coefficient (Wildman–Crippen LogP) is 5.04. The number of ether oxygens (including phenoxy) is 4. The van der Waals surface area contributed by atoms with Crippen molar-refractivity contribution in [1.82, 2.24) is 0 Å². The van der Waals surface area contributed by atoms with E-state index in [9.17, 15) is 9.59 Å². The zero-order chi connectivity index (χ0) is 25.5. The van der Waals surface area contributed by atoms with Gasteiger partial charge in [-0.1, -0.05) is 36.4 Å². The molecule has 0 amide bonds. The van der Waals surface area contributed by atoms with E-state index in [2.05, 4.69) is 4.99 Å². The van der Waals surface area contributed by atoms with Gasteiger partial charge in [0.25, 0.3) is 0 Å². The van der Waals surface area contributed by atoms with Crippen molar-refractivity contribution < 1.29 is 28.5 Å². The van der Waals surface area contributed by atoms with Crippen LogP contribution < -0.4 is 9.47 Å². The van der Waals surface area contributed by atoms with E-state index >= 15 is 0 Å². The summed E-state index contributed by atoms with van der Waals surface area (Å²) in [4.78, 5) is 31.1. The number of rotatable bonds is 10. The molecule has 7 heteroatoms. The highest BCUT2D eigenvalue weighted by Gasteiger charge is 2.43. The predicted molar refractivity (Wildman–Crippen MR) is 136 cm³/mol. The van der Waals surface area contributed by atoms with Gasteiger partial charge in [0.15, 0.2) is 17.3 Å². The molecular formula is C29H33NO6. The largest absolute Gasteiger partial charge is 0.493 e. The van der Waals surface area contributed by atoms with Crippen LogP contribution in [-0.2, 0) is 25.7 Å². The summed E-state index contributed by atoms with van der Waals surface area (Å²) in [5.74, 6) is -0.443. The maximum atomic E-state index is 13.3. The van der Waals surface area contributed by atoms with Crippen molar-refractivity contribution in [2.75, 3.05) is 26.9 Å². The van der Waals surface area contributed by atoms with Gasteiger partial charge in [-0.2, -0.15) is 0 Å². The lowest BCUT2D eigenvalue weighted by Crippen LogP contribution is -2.37. The van der Waals surface area contributed by atoms with Gasteiger partial charge < -0.3 is 18.9 Å². The number of carbonyl (C=O) groups is 2. The Bertz CT molecular complexity index is 1150. The number of benzene rings is 2. The molecule has 1 unspecified atom stereocenters. The van der Waals surface area contributed by atoms with Crippen molar-refractivity contribution in [2.24, 2.45) is 10.9 Å². The second kappa shape index (κ2) is 12.0. The molecule has 4 rings (SSSR count). The monoisotopic (exact) mass is 491 g/mol. The molecule has 2 aromatic carbocycles. The summed E-state index contributed by atoms with van der Waals surface area (Å²) < 4.78 is 22.5. The molecule has 0 bridgehead atoms. The molecule has 7 nitrogen and oxygen atoms in total. The SMILES string of the molecule is CCOCCOC(=O)C1C(C)=NC2=C(C(=O)CCC2)[C@@H]1c1ccc(OCc2ccccc2)c(OC)c1. The summed E-state index contributed by atoms with van der Waals surface area (Å²) >= 11 is 0. The molecule has 1 heterocycles. The third-order valence-corrected chi connectivity index (χ3v) is 6.55. The van der Waals surface area contributed by atoms with E-state index in [1.165, 1.54) is 0 Å². The van der Waals surface area contributed by atoms with Crippen molar-refractivity contribution in [3.05, 3.63) is 70.9 Å². The molecule has 0 saturated heterocycles. The molecule has 0 spiro atoms. The van der Waals surface area contributed by atoms with Gasteiger partial charge in [-0.3, -0.25) is 14.6 Å². The Labute approximate surface area is 212 Å². The topological polar surface area (TPSA) is 83.4 Å². The second-order valence-corrected chi connectivity index (χ2v) is 8.89. The van der Waals surface area contributed by atoms with E-state index in [0.717, 1.165) is 29.7 Å². The quantitative estimate of drug-likeness (QED) is 0.342. The summed E-state index contributed by atoms with van der Waals surface area (Å²) in [6.45, 7) is 5.14. The van der Waals surface area contributed by atoms with Crippen LogP contribution in [0.15, 0.2) is 64.8 Å². The lowest BCUT2D eigenvalue weighted by Gasteiger charge is -2.34. The van der Waals surface area contributed by atoms with Gasteiger partial charge in [0.2, 0.25) is 0 Å². The fraction of sp³-hybridized carbons (Fsp3) is 0.414. The number of methoxy groups -OCH3 is 1. The molecule has 2 atom stereocenters. The maximum Gasteiger partial charge on any atom is 0.315 e. The lowest BCUT2D eigenvalue weighted by atomic mass is 9.71. The number of aliphatic imine (C=N–C) groups is 1. The Morgan fingerprint density at radius 3 is 2.61 bits per heavy atom. The summed E-state index contributed by atoms with van der Waals surface area (Å²) in [5, 5.41) is 0. The number of carbonyl (C=O) groups excluding carboxylic acids is 2. The van der Waals surface area contributed by atoms with Crippen LogP contribution in [0.3, 0.4) is 0 Å². The minimum Gasteiger partial charge on any atom is -0.493 e. The van der Waals surface area contributed by atoms with Crippen LogP contribution in [0.2, 0.25) is 0 Å². The second-order valence-electron chi connectivity index (χ2n) is 8.89. The first-order chi connectivity index (χ1) is 17.5. The lowest BCUT2D eigenvalue weighted by molar-refractivity contribution is -0.148. The smallest absolute Gasteiger partial charge is 0.315 e. The van der Waals surface area contributed by atoms with Crippen LogP contribution in [0.1, 0.15) is 50.2 Å². The number of Topliss-reactive ketones (excluding diaryl/α,β-unsaturated/α-hetero) is 1. The van der Waals surface area contributed by atoms with Crippen LogP contribution >= 0.6 is 0 Å². The van der Waals surface area contributed by atoms with Crippen LogP contribution in [-0.4, -0.2) is 44.4 Å². The molecule has 0 fully saturated rings. The van der Waals surface area contributed by atoms with E-state index in [1.54, 1.807) is 7.11 Å². The zero-order valence-corrected chi connectivity index (χ0v) is 21.1. The Morgan fingerprint density at radius 1 is 1.06 bits per heavy atom. The first-order valence-electron chi connectivity index (χ1n) is 12.4. The van der Waals surface area contributed by atoms with E-state index in [4.69, 9.17) is 18.9 Å². The first-order valence-corrected chi connectivity index (χ1v) is 12.4. The van der Waals surface area contributed by atoms with Gasteiger partial charge in [-0.25, -0.2) is 0 Å². The van der Waals surface area contributed by atoms with Gasteiger partial charge in [0.1, 0.15) is 19.1 Å². The molecular weight excluding hydrogens is 458 g/mol. The zero-order valence-electron chi connectivity index (χ0n) is 21.1. The van der Waals surface area contributed by atoms with Gasteiger partial charge in [-0.05, 0) is 49.9 Å². The van der Waals surface area contributed by atoms with Crippen molar-refractivity contribution in [3.8, 4) is 11.5 Å². The van der Waals surface area contributed by atoms with Crippen molar-refractivity contribution in [2.45, 2.75) is 45.6 Å². The Hall–Kier alpha value is -3.45. The molecule has 0 aromatic heterocycles. The molecule has 190 valence electrons. The summed E-state index contributed by atoms with van der Waals surface area (Å²) in [6, 6.07) is 15.5. The van der Waals surface area contributed by atoms with Gasteiger partial charge in [0.05, 0.1) is 13.7 Å². The summed E-state index contributed by atoms with van der Waals surface area (Å²) in [5.41, 5.74) is 3.87. The number of esters is 1. The minimum atomic E-state index is -0.701. The summed E-state index contributed by atoms with van der Waals surface area (Å²) in [6.07, 6.45) is 1.93. The fourth-order valence-electron chi connectivity index (χ4n) is 4.84. The summed E-state index contributed by atoms with van der Waals surface area (Å²) in [7, 11) is 1.58. The van der Waals surface area contributed by atoms with E-state index in [1.807, 2.05) is 62.4 Å². The standard InChI is InChI=1S/C29H33NO6/c1-4-34-15-16-35-29(32)26-19(2)30-22-11-8-12-23(31)28(22)27(26)21-13-14-24(25(17-21)33-3)36-18-20-9-6-5-7-10-20/h5-7,9-10,13-14,17,26-27H,4,8,11-12,15-16,18H2,1-3H3/t26?,27-/m1/s1. The molecule has 36 heavy (non-hydrogen) atoms. The van der Waals surface area contributed by atoms with Crippen LogP contribution in [0.25, 0.3) is 0 Å². The van der Waals surface area contributed by atoms with Crippen molar-refractivity contribution in [1.29, 1.82) is 0 Å². The van der Waals surface area contributed by atoms with Crippen LogP contribution in [0, 0.1) is 5.92 Å². The van der Waals surface area contributed by atoms with Gasteiger partial charge >= 0.3 is 5.97 Å². The Balaban J connectivity index is 1.66. The van der Waals surface area contributed by atoms with E-state index < -0.39 is 17.8 Å². The minimum absolute atomic E-state index is 0.0352. The number of ketones is 1. The molecule has 2 aliphatic rings. The highest BCUT2D eigenvalue weighted by atomic mass is 16.6. The molecule has 0 N–H and O–H groups in total. The average Bonchev–Trinajstić information content (AvgIpc) is 2.89. The van der Waals surface area contributed by atoms with Crippen molar-refractivity contribution >= 4 is 17.5 Å². The van der Waals surface area contributed by atoms with Crippen LogP contribution in [0.4, 0.5) is 0 Å². The van der Waals surface area contributed by atoms with Crippen LogP contribution in [0.5, 0.6) is 11.5 Å². The van der Waals surface area contributed by atoms with Gasteiger partial charge in [0, 0.05) is 35.9 Å². The first kappa shape index (κ1) is 25.6. The highest BCUT2D eigenvalue weighted by Crippen LogP contribution is 2.45. The fourth-order valence-corrected chi connectivity index (χ4v) is 4.84. The Morgan fingerprint density at radius 2 is 1.86 bits per heavy atom. The average molecular weight is 492 g/mol. The van der Waals surface area contributed by atoms with Crippen molar-refractivity contribution in [3.63, 3.8) is 0 Å². The highest BCUT2D eigenvalue weighted by molar-refractivity contribution is 6.08. The van der Waals surface area contributed by atoms with E-state index in [0.29, 0.717) is 49.0 Å².